The Hall–Kier alpha value is -0.563. The first-order valence-electron chi connectivity index (χ1n) is 6.01. The molecule has 1 aromatic carbocycles. The minimum absolute atomic E-state index is 0.700. The van der Waals surface area contributed by atoms with Crippen molar-refractivity contribution in [2.45, 2.75) is 51.9 Å². The monoisotopic (exact) mass is 220 g/mol. The van der Waals surface area contributed by atoms with Crippen LogP contribution in [0.25, 0.3) is 0 Å². The lowest BCUT2D eigenvalue weighted by atomic mass is 9.98. The van der Waals surface area contributed by atoms with Gasteiger partial charge >= 0.3 is 0 Å². The minimum atomic E-state index is -0.951. The van der Waals surface area contributed by atoms with Gasteiger partial charge in [0.05, 0.1) is 0 Å². The van der Waals surface area contributed by atoms with E-state index in [-0.39, 0.29) is 0 Å². The SMILES string of the molecule is CCC(C)c1ccc(C[Si](C)(C)C)cc1. The Morgan fingerprint density at radius 2 is 1.60 bits per heavy atom. The summed E-state index contributed by atoms with van der Waals surface area (Å²) in [7, 11) is -0.951. The predicted octanol–water partition coefficient (Wildman–Crippen LogP) is 4.62. The van der Waals surface area contributed by atoms with Crippen molar-refractivity contribution in [2.24, 2.45) is 0 Å². The summed E-state index contributed by atoms with van der Waals surface area (Å²) >= 11 is 0. The van der Waals surface area contributed by atoms with Crippen molar-refractivity contribution in [3.05, 3.63) is 35.4 Å². The molecule has 0 spiro atoms. The highest BCUT2D eigenvalue weighted by Crippen LogP contribution is 2.20. The zero-order chi connectivity index (χ0) is 11.5. The molecule has 0 fully saturated rings. The highest BCUT2D eigenvalue weighted by molar-refractivity contribution is 6.75. The highest BCUT2D eigenvalue weighted by Gasteiger charge is 2.13. The average molecular weight is 220 g/mol. The lowest BCUT2D eigenvalue weighted by Gasteiger charge is -2.16. The maximum Gasteiger partial charge on any atom is 0.0487 e. The molecule has 0 aromatic heterocycles. The van der Waals surface area contributed by atoms with Crippen molar-refractivity contribution in [3.8, 4) is 0 Å². The van der Waals surface area contributed by atoms with Gasteiger partial charge in [0.2, 0.25) is 0 Å². The molecule has 0 heterocycles. The Morgan fingerprint density at radius 1 is 1.07 bits per heavy atom. The van der Waals surface area contributed by atoms with Crippen LogP contribution in [0.2, 0.25) is 19.6 Å². The first kappa shape index (κ1) is 12.5. The molecule has 0 saturated heterocycles. The Bertz CT molecular complexity index is 292. The molecule has 1 atom stereocenters. The molecular formula is C14H24Si. The van der Waals surface area contributed by atoms with Crippen molar-refractivity contribution in [2.75, 3.05) is 0 Å². The molecule has 0 bridgehead atoms. The second-order valence-electron chi connectivity index (χ2n) is 5.79. The van der Waals surface area contributed by atoms with E-state index in [2.05, 4.69) is 57.8 Å². The fraction of sp³-hybridized carbons (Fsp3) is 0.571. The largest absolute Gasteiger partial charge is 0.0693 e. The van der Waals surface area contributed by atoms with Gasteiger partial charge in [0.1, 0.15) is 0 Å². The minimum Gasteiger partial charge on any atom is -0.0693 e. The molecule has 1 aromatic rings. The van der Waals surface area contributed by atoms with Crippen LogP contribution < -0.4 is 0 Å². The van der Waals surface area contributed by atoms with Gasteiger partial charge in [-0.15, -0.1) is 0 Å². The van der Waals surface area contributed by atoms with Crippen LogP contribution in [0, 0.1) is 0 Å². The van der Waals surface area contributed by atoms with Crippen molar-refractivity contribution < 1.29 is 0 Å². The third kappa shape index (κ3) is 4.21. The first-order chi connectivity index (χ1) is 6.92. The fourth-order valence-corrected chi connectivity index (χ4v) is 3.27. The van der Waals surface area contributed by atoms with Crippen molar-refractivity contribution in [1.29, 1.82) is 0 Å². The molecule has 1 rings (SSSR count). The van der Waals surface area contributed by atoms with E-state index >= 15 is 0 Å². The van der Waals surface area contributed by atoms with Crippen LogP contribution in [0.15, 0.2) is 24.3 Å². The summed E-state index contributed by atoms with van der Waals surface area (Å²) < 4.78 is 0. The molecule has 0 amide bonds. The van der Waals surface area contributed by atoms with Gasteiger partial charge < -0.3 is 0 Å². The quantitative estimate of drug-likeness (QED) is 0.650. The van der Waals surface area contributed by atoms with E-state index in [1.54, 1.807) is 0 Å². The molecule has 0 nitrogen and oxygen atoms in total. The molecule has 0 aliphatic rings. The molecule has 0 saturated carbocycles. The van der Waals surface area contributed by atoms with Crippen LogP contribution in [0.3, 0.4) is 0 Å². The van der Waals surface area contributed by atoms with E-state index in [4.69, 9.17) is 0 Å². The predicted molar refractivity (Wildman–Crippen MR) is 72.2 cm³/mol. The number of benzene rings is 1. The molecule has 0 aliphatic carbocycles. The van der Waals surface area contributed by atoms with Gasteiger partial charge in [-0.2, -0.15) is 0 Å². The summed E-state index contributed by atoms with van der Waals surface area (Å²) in [5, 5.41) is 0. The molecule has 0 aliphatic heterocycles. The standard InChI is InChI=1S/C14H24Si/c1-6-12(2)14-9-7-13(8-10-14)11-15(3,4)5/h7-10,12H,6,11H2,1-5H3. The fourth-order valence-electron chi connectivity index (χ4n) is 1.81. The average Bonchev–Trinajstić information content (AvgIpc) is 2.15. The number of hydrogen-bond donors (Lipinski definition) is 0. The van der Waals surface area contributed by atoms with E-state index < -0.39 is 8.07 Å². The molecule has 84 valence electrons. The van der Waals surface area contributed by atoms with Gasteiger partial charge in [-0.05, 0) is 23.9 Å². The number of rotatable bonds is 4. The molecule has 15 heavy (non-hydrogen) atoms. The summed E-state index contributed by atoms with van der Waals surface area (Å²) in [6.07, 6.45) is 1.23. The van der Waals surface area contributed by atoms with E-state index in [1.807, 2.05) is 0 Å². The third-order valence-corrected chi connectivity index (χ3v) is 4.36. The van der Waals surface area contributed by atoms with Crippen LogP contribution >= 0.6 is 0 Å². The molecule has 0 N–H and O–H groups in total. The Balaban J connectivity index is 2.72. The van der Waals surface area contributed by atoms with E-state index in [0.717, 1.165) is 0 Å². The van der Waals surface area contributed by atoms with Gasteiger partial charge in [-0.3, -0.25) is 0 Å². The molecule has 1 unspecified atom stereocenters. The summed E-state index contributed by atoms with van der Waals surface area (Å²) in [6, 6.07) is 10.6. The van der Waals surface area contributed by atoms with Gasteiger partial charge in [-0.1, -0.05) is 63.3 Å². The lowest BCUT2D eigenvalue weighted by molar-refractivity contribution is 0.733. The Kier molecular flexibility index (Phi) is 4.15. The maximum atomic E-state index is 2.43. The van der Waals surface area contributed by atoms with Crippen LogP contribution in [0.5, 0.6) is 0 Å². The normalized spacial score (nSPS) is 13.9. The van der Waals surface area contributed by atoms with E-state index in [9.17, 15) is 0 Å². The third-order valence-electron chi connectivity index (χ3n) is 2.90. The summed E-state index contributed by atoms with van der Waals surface area (Å²) in [4.78, 5) is 0. The van der Waals surface area contributed by atoms with E-state index in [1.165, 1.54) is 23.6 Å². The lowest BCUT2D eigenvalue weighted by Crippen LogP contribution is -2.23. The zero-order valence-electron chi connectivity index (χ0n) is 10.8. The second kappa shape index (κ2) is 4.98. The Morgan fingerprint density at radius 3 is 2.00 bits per heavy atom. The molecule has 0 radical (unpaired) electrons. The summed E-state index contributed by atoms with van der Waals surface area (Å²) in [5.41, 5.74) is 3.00. The number of hydrogen-bond acceptors (Lipinski definition) is 0. The second-order valence-corrected chi connectivity index (χ2v) is 11.3. The van der Waals surface area contributed by atoms with Crippen molar-refractivity contribution in [3.63, 3.8) is 0 Å². The van der Waals surface area contributed by atoms with Crippen molar-refractivity contribution in [1.82, 2.24) is 0 Å². The van der Waals surface area contributed by atoms with Crippen LogP contribution in [-0.4, -0.2) is 8.07 Å². The van der Waals surface area contributed by atoms with Gasteiger partial charge in [-0.25, -0.2) is 0 Å². The van der Waals surface area contributed by atoms with Crippen LogP contribution in [0.4, 0.5) is 0 Å². The van der Waals surface area contributed by atoms with Gasteiger partial charge in [0, 0.05) is 8.07 Å². The first-order valence-corrected chi connectivity index (χ1v) is 9.72. The van der Waals surface area contributed by atoms with E-state index in [0.29, 0.717) is 5.92 Å². The molecular weight excluding hydrogens is 196 g/mol. The van der Waals surface area contributed by atoms with Crippen LogP contribution in [-0.2, 0) is 6.04 Å². The van der Waals surface area contributed by atoms with Crippen molar-refractivity contribution >= 4 is 8.07 Å². The van der Waals surface area contributed by atoms with Crippen LogP contribution in [0.1, 0.15) is 37.3 Å². The summed E-state index contributed by atoms with van der Waals surface area (Å²) in [5.74, 6) is 0.700. The maximum absolute atomic E-state index is 2.43. The van der Waals surface area contributed by atoms with Gasteiger partial charge in [0.25, 0.3) is 0 Å². The van der Waals surface area contributed by atoms with Gasteiger partial charge in [0.15, 0.2) is 0 Å². The summed E-state index contributed by atoms with van der Waals surface area (Å²) in [6.45, 7) is 11.8. The highest BCUT2D eigenvalue weighted by atomic mass is 28.3. The Labute approximate surface area is 95.7 Å². The smallest absolute Gasteiger partial charge is 0.0487 e. The topological polar surface area (TPSA) is 0 Å². The molecule has 1 heteroatoms. The zero-order valence-corrected chi connectivity index (χ0v) is 11.8.